The Labute approximate surface area is 97.9 Å². The van der Waals surface area contributed by atoms with E-state index in [-0.39, 0.29) is 13.1 Å². The van der Waals surface area contributed by atoms with E-state index in [1.54, 1.807) is 19.2 Å². The lowest BCUT2D eigenvalue weighted by atomic mass is 10.4. The van der Waals surface area contributed by atoms with Gasteiger partial charge in [-0.1, -0.05) is 0 Å². The molecule has 0 aromatic carbocycles. The van der Waals surface area contributed by atoms with Gasteiger partial charge in [-0.05, 0) is 6.92 Å². The molecule has 0 unspecified atom stereocenters. The van der Waals surface area contributed by atoms with Gasteiger partial charge in [0, 0.05) is 6.20 Å². The molecule has 7 nitrogen and oxygen atoms in total. The topological polar surface area (TPSA) is 108 Å². The Morgan fingerprint density at radius 3 is 2.59 bits per heavy atom. The molecule has 0 aliphatic heterocycles. The Morgan fingerprint density at radius 2 is 2.00 bits per heavy atom. The molecule has 1 rings (SSSR count). The van der Waals surface area contributed by atoms with Gasteiger partial charge in [0.05, 0.1) is 30.2 Å². The number of hydrogen-bond acceptors (Lipinski definition) is 5. The Balaban J connectivity index is 2.40. The Morgan fingerprint density at radius 1 is 1.29 bits per heavy atom. The molecule has 0 fully saturated rings. The van der Waals surface area contributed by atoms with E-state index in [9.17, 15) is 9.59 Å². The van der Waals surface area contributed by atoms with Gasteiger partial charge in [-0.2, -0.15) is 5.26 Å². The van der Waals surface area contributed by atoms with E-state index in [0.717, 1.165) is 5.69 Å². The van der Waals surface area contributed by atoms with Crippen molar-refractivity contribution in [1.29, 1.82) is 5.26 Å². The summed E-state index contributed by atoms with van der Waals surface area (Å²) in [4.78, 5) is 30.3. The van der Waals surface area contributed by atoms with Crippen molar-refractivity contribution >= 4 is 11.8 Å². The lowest BCUT2D eigenvalue weighted by molar-refractivity contribution is -0.139. The van der Waals surface area contributed by atoms with Crippen molar-refractivity contribution in [1.82, 2.24) is 20.6 Å². The molecule has 0 atom stereocenters. The minimum Gasteiger partial charge on any atom is -0.342 e. The summed E-state index contributed by atoms with van der Waals surface area (Å²) in [6.45, 7) is 1.72. The van der Waals surface area contributed by atoms with E-state index in [4.69, 9.17) is 5.26 Å². The van der Waals surface area contributed by atoms with Crippen LogP contribution in [0.4, 0.5) is 0 Å². The van der Waals surface area contributed by atoms with E-state index in [2.05, 4.69) is 20.6 Å². The van der Waals surface area contributed by atoms with Crippen LogP contribution in [-0.4, -0.2) is 28.3 Å². The number of nitrogens with one attached hydrogen (secondary N) is 2. The molecule has 2 amide bonds. The van der Waals surface area contributed by atoms with Crippen molar-refractivity contribution in [3.8, 4) is 6.07 Å². The molecule has 1 aromatic heterocycles. The second kappa shape index (κ2) is 6.17. The van der Waals surface area contributed by atoms with Crippen LogP contribution in [0, 0.1) is 18.3 Å². The second-order valence-corrected chi connectivity index (χ2v) is 3.17. The summed E-state index contributed by atoms with van der Waals surface area (Å²) in [6.07, 6.45) is 3.08. The Kier molecular flexibility index (Phi) is 4.57. The zero-order chi connectivity index (χ0) is 12.7. The predicted octanol–water partition coefficient (Wildman–Crippen LogP) is -0.959. The van der Waals surface area contributed by atoms with Gasteiger partial charge < -0.3 is 10.6 Å². The molecule has 0 radical (unpaired) electrons. The Bertz CT molecular complexity index is 449. The first-order chi connectivity index (χ1) is 8.13. The predicted molar refractivity (Wildman–Crippen MR) is 57.2 cm³/mol. The van der Waals surface area contributed by atoms with Gasteiger partial charge in [-0.25, -0.2) is 0 Å². The number of nitriles is 1. The second-order valence-electron chi connectivity index (χ2n) is 3.17. The average Bonchev–Trinajstić information content (AvgIpc) is 2.34. The van der Waals surface area contributed by atoms with Crippen molar-refractivity contribution < 1.29 is 9.59 Å². The molecule has 0 bridgehead atoms. The number of rotatable bonds is 3. The highest BCUT2D eigenvalue weighted by Crippen LogP contribution is 1.92. The fraction of sp³-hybridized carbons (Fsp3) is 0.300. The minimum atomic E-state index is -0.841. The molecule has 7 heteroatoms. The molecular weight excluding hydrogens is 222 g/mol. The highest BCUT2D eigenvalue weighted by Gasteiger charge is 2.12. The van der Waals surface area contributed by atoms with E-state index in [1.807, 2.05) is 0 Å². The van der Waals surface area contributed by atoms with Crippen molar-refractivity contribution in [3.63, 3.8) is 0 Å². The Hall–Kier alpha value is -2.49. The van der Waals surface area contributed by atoms with Crippen LogP contribution in [0.15, 0.2) is 12.4 Å². The minimum absolute atomic E-state index is 0.117. The fourth-order valence-electron chi connectivity index (χ4n) is 0.962. The highest BCUT2D eigenvalue weighted by molar-refractivity contribution is 6.35. The molecule has 88 valence electrons. The summed E-state index contributed by atoms with van der Waals surface area (Å²) in [7, 11) is 0. The summed E-state index contributed by atoms with van der Waals surface area (Å²) in [5.41, 5.74) is 1.32. The van der Waals surface area contributed by atoms with Gasteiger partial charge in [-0.15, -0.1) is 0 Å². The summed E-state index contributed by atoms with van der Waals surface area (Å²) in [5, 5.41) is 12.7. The third kappa shape index (κ3) is 4.25. The van der Waals surface area contributed by atoms with Crippen LogP contribution in [0.2, 0.25) is 0 Å². The molecule has 1 aromatic rings. The molecule has 17 heavy (non-hydrogen) atoms. The number of amides is 2. The van der Waals surface area contributed by atoms with Gasteiger partial charge in [0.15, 0.2) is 0 Å². The maximum atomic E-state index is 11.2. The van der Waals surface area contributed by atoms with Gasteiger partial charge in [-0.3, -0.25) is 19.6 Å². The fourth-order valence-corrected chi connectivity index (χ4v) is 0.962. The van der Waals surface area contributed by atoms with E-state index in [0.29, 0.717) is 5.69 Å². The smallest absolute Gasteiger partial charge is 0.310 e. The first kappa shape index (κ1) is 12.6. The number of carbonyl (C=O) groups is 2. The summed E-state index contributed by atoms with van der Waals surface area (Å²) < 4.78 is 0. The summed E-state index contributed by atoms with van der Waals surface area (Å²) in [6, 6.07) is 1.70. The molecule has 2 N–H and O–H groups in total. The number of nitrogens with zero attached hydrogens (tertiary/aromatic N) is 3. The van der Waals surface area contributed by atoms with Crippen molar-refractivity contribution in [2.24, 2.45) is 0 Å². The van der Waals surface area contributed by atoms with E-state index >= 15 is 0 Å². The number of carbonyl (C=O) groups excluding carboxylic acids is 2. The molecule has 0 saturated heterocycles. The molecule has 0 saturated carbocycles. The third-order valence-electron chi connectivity index (χ3n) is 1.80. The summed E-state index contributed by atoms with van der Waals surface area (Å²) in [5.74, 6) is -1.64. The largest absolute Gasteiger partial charge is 0.342 e. The summed E-state index contributed by atoms with van der Waals surface area (Å²) >= 11 is 0. The van der Waals surface area contributed by atoms with Crippen molar-refractivity contribution in [2.45, 2.75) is 13.5 Å². The van der Waals surface area contributed by atoms with Crippen LogP contribution in [0.3, 0.4) is 0 Å². The van der Waals surface area contributed by atoms with E-state index < -0.39 is 11.8 Å². The SMILES string of the molecule is Cc1cnc(CNC(=O)C(=O)NCC#N)cn1. The third-order valence-corrected chi connectivity index (χ3v) is 1.80. The highest BCUT2D eigenvalue weighted by atomic mass is 16.2. The van der Waals surface area contributed by atoms with E-state index in [1.165, 1.54) is 6.20 Å². The zero-order valence-electron chi connectivity index (χ0n) is 9.23. The van der Waals surface area contributed by atoms with Crippen LogP contribution in [0.5, 0.6) is 0 Å². The zero-order valence-corrected chi connectivity index (χ0v) is 9.23. The van der Waals surface area contributed by atoms with Crippen LogP contribution in [0.1, 0.15) is 11.4 Å². The lowest BCUT2D eigenvalue weighted by Crippen LogP contribution is -2.39. The standard InChI is InChI=1S/C10H11N5O2/c1-7-4-14-8(5-13-7)6-15-10(17)9(16)12-3-2-11/h4-5H,3,6H2,1H3,(H,12,16)(H,15,17). The number of aromatic nitrogens is 2. The molecule has 1 heterocycles. The number of hydrogen-bond donors (Lipinski definition) is 2. The quantitative estimate of drug-likeness (QED) is 0.516. The van der Waals surface area contributed by atoms with Gasteiger partial charge >= 0.3 is 11.8 Å². The van der Waals surface area contributed by atoms with Crippen molar-refractivity contribution in [3.05, 3.63) is 23.8 Å². The first-order valence-electron chi connectivity index (χ1n) is 4.84. The lowest BCUT2D eigenvalue weighted by Gasteiger charge is -2.03. The first-order valence-corrected chi connectivity index (χ1v) is 4.84. The number of aryl methyl sites for hydroxylation is 1. The molecule has 0 aliphatic carbocycles. The van der Waals surface area contributed by atoms with Crippen LogP contribution in [-0.2, 0) is 16.1 Å². The normalized spacial score (nSPS) is 9.18. The maximum Gasteiger partial charge on any atom is 0.310 e. The van der Waals surface area contributed by atoms with Crippen molar-refractivity contribution in [2.75, 3.05) is 6.54 Å². The van der Waals surface area contributed by atoms with Crippen LogP contribution >= 0.6 is 0 Å². The van der Waals surface area contributed by atoms with Gasteiger partial charge in [0.1, 0.15) is 6.54 Å². The molecule has 0 spiro atoms. The maximum absolute atomic E-state index is 11.2. The van der Waals surface area contributed by atoms with Gasteiger partial charge in [0.2, 0.25) is 0 Å². The monoisotopic (exact) mass is 233 g/mol. The molecule has 0 aliphatic rings. The molecular formula is C10H11N5O2. The van der Waals surface area contributed by atoms with Crippen LogP contribution < -0.4 is 10.6 Å². The average molecular weight is 233 g/mol. The van der Waals surface area contributed by atoms with Crippen LogP contribution in [0.25, 0.3) is 0 Å². The van der Waals surface area contributed by atoms with Gasteiger partial charge in [0.25, 0.3) is 0 Å².